The van der Waals surface area contributed by atoms with Gasteiger partial charge in [0.25, 0.3) is 0 Å². The van der Waals surface area contributed by atoms with Gasteiger partial charge in [-0.2, -0.15) is 0 Å². The SMILES string of the molecule is CCC1C(=O)c2cc(O)ccc2OC1c1ccc(OC)cc1. The van der Waals surface area contributed by atoms with Crippen LogP contribution in [0.1, 0.15) is 35.4 Å². The van der Waals surface area contributed by atoms with Crippen molar-refractivity contribution in [3.8, 4) is 17.2 Å². The molecule has 2 unspecified atom stereocenters. The number of Topliss-reactive ketones (excluding diaryl/α,β-unsaturated/α-hetero) is 1. The molecule has 114 valence electrons. The Morgan fingerprint density at radius 1 is 1.18 bits per heavy atom. The molecule has 0 spiro atoms. The predicted octanol–water partition coefficient (Wildman–Crippen LogP) is 3.74. The van der Waals surface area contributed by atoms with Gasteiger partial charge in [-0.15, -0.1) is 0 Å². The molecule has 0 bridgehead atoms. The highest BCUT2D eigenvalue weighted by atomic mass is 16.5. The summed E-state index contributed by atoms with van der Waals surface area (Å²) in [5.74, 6) is 1.12. The number of hydrogen-bond acceptors (Lipinski definition) is 4. The van der Waals surface area contributed by atoms with E-state index < -0.39 is 0 Å². The molecule has 1 heterocycles. The fourth-order valence-electron chi connectivity index (χ4n) is 2.86. The van der Waals surface area contributed by atoms with Crippen LogP contribution in [0.3, 0.4) is 0 Å². The third kappa shape index (κ3) is 2.41. The number of benzene rings is 2. The molecule has 0 aromatic heterocycles. The minimum absolute atomic E-state index is 0.0143. The molecule has 1 aliphatic rings. The highest BCUT2D eigenvalue weighted by Crippen LogP contribution is 2.41. The highest BCUT2D eigenvalue weighted by molar-refractivity contribution is 6.02. The Labute approximate surface area is 129 Å². The zero-order valence-electron chi connectivity index (χ0n) is 12.6. The number of hydrogen-bond donors (Lipinski definition) is 1. The molecule has 22 heavy (non-hydrogen) atoms. The van der Waals surface area contributed by atoms with Crippen molar-refractivity contribution in [1.82, 2.24) is 0 Å². The van der Waals surface area contributed by atoms with Crippen LogP contribution < -0.4 is 9.47 Å². The van der Waals surface area contributed by atoms with Crippen LogP contribution in [0.4, 0.5) is 0 Å². The molecule has 0 radical (unpaired) electrons. The smallest absolute Gasteiger partial charge is 0.173 e. The van der Waals surface area contributed by atoms with Crippen LogP contribution >= 0.6 is 0 Å². The summed E-state index contributed by atoms with van der Waals surface area (Å²) in [6, 6.07) is 12.2. The average molecular weight is 298 g/mol. The summed E-state index contributed by atoms with van der Waals surface area (Å²) in [5, 5.41) is 9.58. The van der Waals surface area contributed by atoms with Gasteiger partial charge in [-0.25, -0.2) is 0 Å². The number of aromatic hydroxyl groups is 1. The Morgan fingerprint density at radius 2 is 1.91 bits per heavy atom. The number of fused-ring (bicyclic) bond motifs is 1. The number of phenols is 1. The summed E-state index contributed by atoms with van der Waals surface area (Å²) in [6.45, 7) is 1.97. The van der Waals surface area contributed by atoms with Crippen LogP contribution in [0.15, 0.2) is 42.5 Å². The number of ketones is 1. The first-order valence-corrected chi connectivity index (χ1v) is 7.32. The number of rotatable bonds is 3. The molecule has 0 amide bonds. The number of carbonyl (C=O) groups is 1. The van der Waals surface area contributed by atoms with E-state index in [1.54, 1.807) is 13.2 Å². The summed E-state index contributed by atoms with van der Waals surface area (Å²) < 4.78 is 11.2. The summed E-state index contributed by atoms with van der Waals surface area (Å²) in [5.41, 5.74) is 1.40. The zero-order chi connectivity index (χ0) is 15.7. The van der Waals surface area contributed by atoms with Crippen molar-refractivity contribution < 1.29 is 19.4 Å². The minimum Gasteiger partial charge on any atom is -0.508 e. The largest absolute Gasteiger partial charge is 0.508 e. The lowest BCUT2D eigenvalue weighted by molar-refractivity contribution is 0.0647. The van der Waals surface area contributed by atoms with Crippen molar-refractivity contribution in [3.05, 3.63) is 53.6 Å². The first-order valence-electron chi connectivity index (χ1n) is 7.32. The molecular weight excluding hydrogens is 280 g/mol. The molecule has 3 rings (SSSR count). The second-order valence-corrected chi connectivity index (χ2v) is 5.37. The van der Waals surface area contributed by atoms with E-state index in [0.717, 1.165) is 11.3 Å². The lowest BCUT2D eigenvalue weighted by atomic mass is 9.84. The normalized spacial score (nSPS) is 20.2. The number of ether oxygens (including phenoxy) is 2. The Kier molecular flexibility index (Phi) is 3.75. The third-order valence-corrected chi connectivity index (χ3v) is 4.07. The first kappa shape index (κ1) is 14.4. The molecule has 0 saturated heterocycles. The average Bonchev–Trinajstić information content (AvgIpc) is 2.55. The minimum atomic E-state index is -0.319. The number of methoxy groups -OCH3 is 1. The monoisotopic (exact) mass is 298 g/mol. The first-order chi connectivity index (χ1) is 10.6. The van der Waals surface area contributed by atoms with E-state index in [0.29, 0.717) is 17.7 Å². The fourth-order valence-corrected chi connectivity index (χ4v) is 2.86. The van der Waals surface area contributed by atoms with Gasteiger partial charge in [-0.1, -0.05) is 19.1 Å². The topological polar surface area (TPSA) is 55.8 Å². The molecule has 0 saturated carbocycles. The van der Waals surface area contributed by atoms with E-state index in [4.69, 9.17) is 9.47 Å². The molecular formula is C18H18O4. The molecule has 1 aliphatic heterocycles. The molecule has 1 N–H and O–H groups in total. The van der Waals surface area contributed by atoms with E-state index in [9.17, 15) is 9.90 Å². The third-order valence-electron chi connectivity index (χ3n) is 4.07. The second kappa shape index (κ2) is 5.72. The van der Waals surface area contributed by atoms with Gasteiger partial charge in [-0.3, -0.25) is 4.79 Å². The summed E-state index contributed by atoms with van der Waals surface area (Å²) in [7, 11) is 1.62. The maximum absolute atomic E-state index is 12.7. The van der Waals surface area contributed by atoms with Gasteiger partial charge in [0.1, 0.15) is 23.4 Å². The van der Waals surface area contributed by atoms with Gasteiger partial charge in [0.05, 0.1) is 18.6 Å². The number of carbonyl (C=O) groups excluding carboxylic acids is 1. The van der Waals surface area contributed by atoms with Gasteiger partial charge in [0.15, 0.2) is 5.78 Å². The Balaban J connectivity index is 2.00. The van der Waals surface area contributed by atoms with Crippen molar-refractivity contribution in [2.45, 2.75) is 19.4 Å². The Hall–Kier alpha value is -2.49. The van der Waals surface area contributed by atoms with Crippen LogP contribution in [-0.2, 0) is 0 Å². The summed E-state index contributed by atoms with van der Waals surface area (Å²) in [6.07, 6.45) is 0.352. The summed E-state index contributed by atoms with van der Waals surface area (Å²) in [4.78, 5) is 12.7. The zero-order valence-corrected chi connectivity index (χ0v) is 12.6. The highest BCUT2D eigenvalue weighted by Gasteiger charge is 2.37. The van der Waals surface area contributed by atoms with Gasteiger partial charge in [0.2, 0.25) is 0 Å². The Bertz CT molecular complexity index is 691. The van der Waals surface area contributed by atoms with E-state index >= 15 is 0 Å². The standard InChI is InChI=1S/C18H18O4/c1-3-14-17(20)15-10-12(19)6-9-16(15)22-18(14)11-4-7-13(21-2)8-5-11/h4-10,14,18-19H,3H2,1-2H3. The predicted molar refractivity (Wildman–Crippen MR) is 82.6 cm³/mol. The quantitative estimate of drug-likeness (QED) is 0.937. The van der Waals surface area contributed by atoms with Crippen LogP contribution in [0.25, 0.3) is 0 Å². The summed E-state index contributed by atoms with van der Waals surface area (Å²) >= 11 is 0. The van der Waals surface area contributed by atoms with Crippen LogP contribution in [0.2, 0.25) is 0 Å². The lowest BCUT2D eigenvalue weighted by Gasteiger charge is -2.32. The van der Waals surface area contributed by atoms with E-state index in [-0.39, 0.29) is 23.6 Å². The van der Waals surface area contributed by atoms with Crippen LogP contribution in [0, 0.1) is 5.92 Å². The Morgan fingerprint density at radius 3 is 2.55 bits per heavy atom. The van der Waals surface area contributed by atoms with Crippen LogP contribution in [-0.4, -0.2) is 18.0 Å². The molecule has 2 atom stereocenters. The van der Waals surface area contributed by atoms with Crippen LogP contribution in [0.5, 0.6) is 17.2 Å². The molecule has 4 heteroatoms. The van der Waals surface area contributed by atoms with Gasteiger partial charge in [0, 0.05) is 0 Å². The molecule has 4 nitrogen and oxygen atoms in total. The van der Waals surface area contributed by atoms with Crippen molar-refractivity contribution in [2.75, 3.05) is 7.11 Å². The van der Waals surface area contributed by atoms with E-state index in [1.165, 1.54) is 12.1 Å². The van der Waals surface area contributed by atoms with Crippen molar-refractivity contribution in [2.24, 2.45) is 5.92 Å². The maximum Gasteiger partial charge on any atom is 0.173 e. The van der Waals surface area contributed by atoms with Crippen molar-refractivity contribution in [3.63, 3.8) is 0 Å². The number of phenolic OH excluding ortho intramolecular Hbond substituents is 1. The fraction of sp³-hybridized carbons (Fsp3) is 0.278. The maximum atomic E-state index is 12.7. The van der Waals surface area contributed by atoms with E-state index in [1.807, 2.05) is 31.2 Å². The van der Waals surface area contributed by atoms with Gasteiger partial charge in [-0.05, 0) is 42.3 Å². The molecule has 2 aromatic carbocycles. The second-order valence-electron chi connectivity index (χ2n) is 5.37. The van der Waals surface area contributed by atoms with Crippen molar-refractivity contribution in [1.29, 1.82) is 0 Å². The van der Waals surface area contributed by atoms with Crippen molar-refractivity contribution >= 4 is 5.78 Å². The van der Waals surface area contributed by atoms with E-state index in [2.05, 4.69) is 0 Å². The molecule has 2 aromatic rings. The van der Waals surface area contributed by atoms with Gasteiger partial charge >= 0.3 is 0 Å². The molecule has 0 fully saturated rings. The lowest BCUT2D eigenvalue weighted by Crippen LogP contribution is -2.31. The molecule has 0 aliphatic carbocycles. The van der Waals surface area contributed by atoms with Gasteiger partial charge < -0.3 is 14.6 Å².